The van der Waals surface area contributed by atoms with Crippen LogP contribution in [0, 0.1) is 51.8 Å². The molecule has 0 heterocycles. The summed E-state index contributed by atoms with van der Waals surface area (Å²) >= 11 is 0. The van der Waals surface area contributed by atoms with E-state index in [1.165, 1.54) is 57.8 Å². The monoisotopic (exact) mass is 428 g/mol. The van der Waals surface area contributed by atoms with Crippen LogP contribution in [0.3, 0.4) is 0 Å². The molecule has 4 aliphatic carbocycles. The summed E-state index contributed by atoms with van der Waals surface area (Å²) in [6.45, 7) is 17.3. The van der Waals surface area contributed by atoms with Crippen LogP contribution in [-0.4, -0.2) is 11.2 Å². The van der Waals surface area contributed by atoms with Crippen LogP contribution in [0.4, 0.5) is 0 Å². The molecular weight excluding hydrogens is 376 g/mol. The van der Waals surface area contributed by atoms with Crippen molar-refractivity contribution >= 4 is 0 Å². The van der Waals surface area contributed by atoms with Crippen molar-refractivity contribution in [2.75, 3.05) is 0 Å². The average Bonchev–Trinajstić information content (AvgIpc) is 3.08. The standard InChI is InChI=1S/C30H52O/c1-8-28(5)26-15-12-22-24-14-13-23(21(4)11-9-10-20(2)3)29(24,6)18-16-25(22)30(26,7)19-17-27(28)31/h12,20-21,23-27,31H,8-11,13-19H2,1-7H3/t21-,23-,24+,25+,26?,27?,28+,29-,30-/m1/s1. The van der Waals surface area contributed by atoms with Gasteiger partial charge in [-0.25, -0.2) is 0 Å². The van der Waals surface area contributed by atoms with Crippen LogP contribution in [0.1, 0.15) is 119 Å². The molecule has 1 heteroatoms. The van der Waals surface area contributed by atoms with E-state index in [9.17, 15) is 5.11 Å². The van der Waals surface area contributed by atoms with E-state index in [0.717, 1.165) is 42.4 Å². The van der Waals surface area contributed by atoms with Crippen molar-refractivity contribution in [3.05, 3.63) is 11.6 Å². The molecule has 2 unspecified atom stereocenters. The Morgan fingerprint density at radius 3 is 2.29 bits per heavy atom. The van der Waals surface area contributed by atoms with E-state index in [-0.39, 0.29) is 11.5 Å². The van der Waals surface area contributed by atoms with Crippen LogP contribution in [-0.2, 0) is 0 Å². The topological polar surface area (TPSA) is 20.2 Å². The predicted molar refractivity (Wildman–Crippen MR) is 133 cm³/mol. The summed E-state index contributed by atoms with van der Waals surface area (Å²) in [5, 5.41) is 10.9. The van der Waals surface area contributed by atoms with E-state index < -0.39 is 0 Å². The van der Waals surface area contributed by atoms with Gasteiger partial charge in [-0.05, 0) is 103 Å². The van der Waals surface area contributed by atoms with E-state index in [1.54, 1.807) is 0 Å². The van der Waals surface area contributed by atoms with Gasteiger partial charge in [-0.1, -0.05) is 79.4 Å². The molecule has 1 nitrogen and oxygen atoms in total. The van der Waals surface area contributed by atoms with Gasteiger partial charge in [0, 0.05) is 0 Å². The van der Waals surface area contributed by atoms with Crippen molar-refractivity contribution < 1.29 is 5.11 Å². The van der Waals surface area contributed by atoms with Gasteiger partial charge in [0.1, 0.15) is 0 Å². The number of rotatable bonds is 6. The molecule has 3 fully saturated rings. The largest absolute Gasteiger partial charge is 0.393 e. The van der Waals surface area contributed by atoms with Crippen LogP contribution in [0.5, 0.6) is 0 Å². The second-order valence-corrected chi connectivity index (χ2v) is 13.5. The minimum Gasteiger partial charge on any atom is -0.393 e. The Labute approximate surface area is 193 Å². The van der Waals surface area contributed by atoms with Crippen molar-refractivity contribution in [1.29, 1.82) is 0 Å². The number of fused-ring (bicyclic) bond motifs is 5. The zero-order valence-corrected chi connectivity index (χ0v) is 21.8. The zero-order valence-electron chi connectivity index (χ0n) is 21.8. The predicted octanol–water partition coefficient (Wildman–Crippen LogP) is 8.41. The lowest BCUT2D eigenvalue weighted by molar-refractivity contribution is -0.135. The Morgan fingerprint density at radius 2 is 1.61 bits per heavy atom. The molecule has 1 N–H and O–H groups in total. The minimum atomic E-state index is -0.109. The van der Waals surface area contributed by atoms with E-state index >= 15 is 0 Å². The van der Waals surface area contributed by atoms with E-state index in [1.807, 2.05) is 5.57 Å². The summed E-state index contributed by atoms with van der Waals surface area (Å²) in [5.74, 6) is 4.91. The molecule has 4 rings (SSSR count). The normalized spacial score (nSPS) is 48.0. The lowest BCUT2D eigenvalue weighted by atomic mass is 9.43. The van der Waals surface area contributed by atoms with Crippen LogP contribution in [0.15, 0.2) is 11.6 Å². The Kier molecular flexibility index (Phi) is 6.53. The molecule has 0 spiro atoms. The van der Waals surface area contributed by atoms with Crippen molar-refractivity contribution in [3.63, 3.8) is 0 Å². The fourth-order valence-electron chi connectivity index (χ4n) is 9.64. The van der Waals surface area contributed by atoms with Gasteiger partial charge in [0.05, 0.1) is 6.10 Å². The molecule has 0 aliphatic heterocycles. The number of allylic oxidation sites excluding steroid dienone is 2. The molecule has 0 radical (unpaired) electrons. The average molecular weight is 429 g/mol. The Balaban J connectivity index is 1.56. The second-order valence-electron chi connectivity index (χ2n) is 13.5. The lowest BCUT2D eigenvalue weighted by Gasteiger charge is -2.62. The highest BCUT2D eigenvalue weighted by molar-refractivity contribution is 5.29. The number of aliphatic hydroxyl groups excluding tert-OH is 1. The van der Waals surface area contributed by atoms with Crippen LogP contribution >= 0.6 is 0 Å². The summed E-state index contributed by atoms with van der Waals surface area (Å²) in [6, 6.07) is 0. The fraction of sp³-hybridized carbons (Fsp3) is 0.933. The van der Waals surface area contributed by atoms with Crippen molar-refractivity contribution in [1.82, 2.24) is 0 Å². The highest BCUT2D eigenvalue weighted by atomic mass is 16.3. The van der Waals surface area contributed by atoms with Gasteiger partial charge in [0.25, 0.3) is 0 Å². The minimum absolute atomic E-state index is 0.0962. The number of hydrogen-bond donors (Lipinski definition) is 1. The van der Waals surface area contributed by atoms with E-state index in [0.29, 0.717) is 16.7 Å². The summed E-state index contributed by atoms with van der Waals surface area (Å²) in [7, 11) is 0. The van der Waals surface area contributed by atoms with Gasteiger partial charge in [0.2, 0.25) is 0 Å². The van der Waals surface area contributed by atoms with Gasteiger partial charge in [-0.2, -0.15) is 0 Å². The van der Waals surface area contributed by atoms with Gasteiger partial charge >= 0.3 is 0 Å². The Bertz CT molecular complexity index is 678. The maximum absolute atomic E-state index is 10.9. The highest BCUT2D eigenvalue weighted by Crippen LogP contribution is 2.69. The molecule has 31 heavy (non-hydrogen) atoms. The molecule has 0 amide bonds. The van der Waals surface area contributed by atoms with Crippen LogP contribution in [0.25, 0.3) is 0 Å². The Hall–Kier alpha value is -0.300. The molecule has 0 aromatic carbocycles. The van der Waals surface area contributed by atoms with Crippen molar-refractivity contribution in [3.8, 4) is 0 Å². The molecule has 0 bridgehead atoms. The third-order valence-corrected chi connectivity index (χ3v) is 11.8. The zero-order chi connectivity index (χ0) is 22.6. The van der Waals surface area contributed by atoms with Gasteiger partial charge in [-0.15, -0.1) is 0 Å². The van der Waals surface area contributed by atoms with E-state index in [2.05, 4.69) is 54.5 Å². The Morgan fingerprint density at radius 1 is 0.935 bits per heavy atom. The van der Waals surface area contributed by atoms with Crippen LogP contribution < -0.4 is 0 Å². The first-order valence-corrected chi connectivity index (χ1v) is 14.0. The first-order chi connectivity index (χ1) is 14.6. The lowest BCUT2D eigenvalue weighted by Crippen LogP contribution is -2.57. The first-order valence-electron chi connectivity index (χ1n) is 14.0. The first kappa shape index (κ1) is 23.8. The maximum atomic E-state index is 10.9. The van der Waals surface area contributed by atoms with Crippen LogP contribution in [0.2, 0.25) is 0 Å². The molecular formula is C30H52O. The molecule has 0 aromatic heterocycles. The summed E-state index contributed by atoms with van der Waals surface area (Å²) in [6.07, 6.45) is 17.2. The highest BCUT2D eigenvalue weighted by Gasteiger charge is 2.61. The molecule has 178 valence electrons. The van der Waals surface area contributed by atoms with Crippen molar-refractivity contribution in [2.45, 2.75) is 125 Å². The third-order valence-electron chi connectivity index (χ3n) is 11.8. The SMILES string of the molecule is CC[C@]1(C)C(O)CC[C@@]2(C)C1CC=C1[C@@H]3CC[C@H]([C@H](C)CCCC(C)C)[C@@]3(C)CC[C@@H]12. The molecule has 3 saturated carbocycles. The number of hydrogen-bond acceptors (Lipinski definition) is 1. The quantitative estimate of drug-likeness (QED) is 0.421. The van der Waals surface area contributed by atoms with E-state index in [4.69, 9.17) is 0 Å². The molecule has 9 atom stereocenters. The van der Waals surface area contributed by atoms with Crippen molar-refractivity contribution in [2.24, 2.45) is 51.8 Å². The van der Waals surface area contributed by atoms with Gasteiger partial charge in [-0.3, -0.25) is 0 Å². The summed E-state index contributed by atoms with van der Waals surface area (Å²) < 4.78 is 0. The van der Waals surface area contributed by atoms with Gasteiger partial charge in [0.15, 0.2) is 0 Å². The van der Waals surface area contributed by atoms with Gasteiger partial charge < -0.3 is 5.11 Å². The fourth-order valence-corrected chi connectivity index (χ4v) is 9.64. The second kappa shape index (κ2) is 8.48. The molecule has 0 saturated heterocycles. The summed E-state index contributed by atoms with van der Waals surface area (Å²) in [5.41, 5.74) is 2.90. The summed E-state index contributed by atoms with van der Waals surface area (Å²) in [4.78, 5) is 0. The molecule has 0 aromatic rings. The maximum Gasteiger partial charge on any atom is 0.0596 e. The third kappa shape index (κ3) is 3.68. The molecule has 4 aliphatic rings. The number of aliphatic hydroxyl groups is 1. The smallest absolute Gasteiger partial charge is 0.0596 e.